The number of carbonyl (C=O) groups excluding carboxylic acids is 2. The highest BCUT2D eigenvalue weighted by Crippen LogP contribution is 2.14. The molecule has 0 aliphatic carbocycles. The Balaban J connectivity index is 2.27. The lowest BCUT2D eigenvalue weighted by molar-refractivity contribution is -0.138. The molecule has 0 aromatic rings. The fourth-order valence-electron chi connectivity index (χ4n) is 1.64. The van der Waals surface area contributed by atoms with Crippen molar-refractivity contribution in [3.63, 3.8) is 0 Å². The molecule has 0 aromatic heterocycles. The molecule has 1 aliphatic rings. The lowest BCUT2D eigenvalue weighted by atomic mass is 10.0. The number of carbonyl (C=O) groups is 3. The Morgan fingerprint density at radius 3 is 2.78 bits per heavy atom. The molecule has 1 heterocycles. The van der Waals surface area contributed by atoms with Crippen LogP contribution in [0.1, 0.15) is 19.8 Å². The zero-order chi connectivity index (χ0) is 13.5. The molecule has 0 aromatic carbocycles. The van der Waals surface area contributed by atoms with Crippen molar-refractivity contribution in [1.82, 2.24) is 10.2 Å². The van der Waals surface area contributed by atoms with E-state index >= 15 is 0 Å². The van der Waals surface area contributed by atoms with E-state index in [4.69, 9.17) is 5.11 Å². The Kier molecular flexibility index (Phi) is 5.97. The van der Waals surface area contributed by atoms with Gasteiger partial charge in [0.05, 0.1) is 11.6 Å². The van der Waals surface area contributed by atoms with E-state index < -0.39 is 5.97 Å². The van der Waals surface area contributed by atoms with Crippen LogP contribution >= 0.6 is 11.8 Å². The summed E-state index contributed by atoms with van der Waals surface area (Å²) in [7, 11) is 0. The third-order valence-corrected chi connectivity index (χ3v) is 3.73. The first-order valence-corrected chi connectivity index (χ1v) is 7.02. The van der Waals surface area contributed by atoms with Gasteiger partial charge in [0.2, 0.25) is 11.8 Å². The van der Waals surface area contributed by atoms with Crippen molar-refractivity contribution in [3.05, 3.63) is 0 Å². The van der Waals surface area contributed by atoms with Crippen LogP contribution in [0.2, 0.25) is 0 Å². The molecule has 0 bridgehead atoms. The predicted octanol–water partition coefficient (Wildman–Crippen LogP) is 0.136. The van der Waals surface area contributed by atoms with E-state index in [1.54, 1.807) is 0 Å². The molecular weight excluding hydrogens is 256 g/mol. The van der Waals surface area contributed by atoms with Crippen molar-refractivity contribution < 1.29 is 19.5 Å². The van der Waals surface area contributed by atoms with E-state index in [1.165, 1.54) is 16.7 Å². The van der Waals surface area contributed by atoms with Crippen molar-refractivity contribution in [2.24, 2.45) is 5.92 Å². The Bertz CT molecular complexity index is 335. The molecule has 1 rings (SSSR count). The van der Waals surface area contributed by atoms with Crippen LogP contribution in [0.4, 0.5) is 0 Å². The van der Waals surface area contributed by atoms with Crippen LogP contribution in [0.5, 0.6) is 0 Å². The Morgan fingerprint density at radius 1 is 1.56 bits per heavy atom. The number of carboxylic acids is 1. The smallest absolute Gasteiger partial charge is 0.303 e. The number of aliphatic carboxylic acids is 1. The van der Waals surface area contributed by atoms with Crippen molar-refractivity contribution in [3.8, 4) is 0 Å². The quantitative estimate of drug-likeness (QED) is 0.689. The number of nitrogens with zero attached hydrogens (tertiary/aromatic N) is 1. The summed E-state index contributed by atoms with van der Waals surface area (Å²) in [5.74, 6) is -0.178. The number of hydrogen-bond donors (Lipinski definition) is 2. The van der Waals surface area contributed by atoms with Crippen molar-refractivity contribution in [1.29, 1.82) is 0 Å². The lowest BCUT2D eigenvalue weighted by Gasteiger charge is -2.17. The molecule has 2 amide bonds. The van der Waals surface area contributed by atoms with Crippen LogP contribution < -0.4 is 5.32 Å². The van der Waals surface area contributed by atoms with Gasteiger partial charge in [-0.05, 0) is 5.92 Å². The largest absolute Gasteiger partial charge is 0.481 e. The molecule has 2 N–H and O–H groups in total. The second kappa shape index (κ2) is 7.25. The third kappa shape index (κ3) is 4.95. The summed E-state index contributed by atoms with van der Waals surface area (Å²) < 4.78 is 0. The molecule has 7 heteroatoms. The van der Waals surface area contributed by atoms with Gasteiger partial charge in [-0.2, -0.15) is 0 Å². The Labute approximate surface area is 110 Å². The first-order valence-electron chi connectivity index (χ1n) is 5.87. The summed E-state index contributed by atoms with van der Waals surface area (Å²) in [6.45, 7) is 2.30. The van der Waals surface area contributed by atoms with Gasteiger partial charge in [0, 0.05) is 13.0 Å². The van der Waals surface area contributed by atoms with Crippen LogP contribution in [-0.4, -0.2) is 52.5 Å². The summed E-state index contributed by atoms with van der Waals surface area (Å²) in [4.78, 5) is 35.0. The monoisotopic (exact) mass is 274 g/mol. The Hall–Kier alpha value is -1.24. The fourth-order valence-corrected chi connectivity index (χ4v) is 2.54. The van der Waals surface area contributed by atoms with Gasteiger partial charge in [-0.1, -0.05) is 13.3 Å². The van der Waals surface area contributed by atoms with E-state index in [1.807, 2.05) is 6.92 Å². The highest BCUT2D eigenvalue weighted by molar-refractivity contribution is 8.00. The number of amides is 2. The summed E-state index contributed by atoms with van der Waals surface area (Å²) in [5.41, 5.74) is 0. The summed E-state index contributed by atoms with van der Waals surface area (Å²) in [5, 5.41) is 11.4. The van der Waals surface area contributed by atoms with Crippen LogP contribution in [0.3, 0.4) is 0 Å². The summed E-state index contributed by atoms with van der Waals surface area (Å²) in [6, 6.07) is 0. The highest BCUT2D eigenvalue weighted by atomic mass is 32.2. The maximum atomic E-state index is 11.6. The second-order valence-corrected chi connectivity index (χ2v) is 5.20. The van der Waals surface area contributed by atoms with E-state index in [-0.39, 0.29) is 30.7 Å². The minimum atomic E-state index is -0.859. The average Bonchev–Trinajstić information content (AvgIpc) is 2.70. The molecule has 6 nitrogen and oxygen atoms in total. The maximum Gasteiger partial charge on any atom is 0.303 e. The molecule has 1 saturated heterocycles. The van der Waals surface area contributed by atoms with Gasteiger partial charge < -0.3 is 15.3 Å². The van der Waals surface area contributed by atoms with Crippen LogP contribution in [-0.2, 0) is 14.4 Å². The fraction of sp³-hybridized carbons (Fsp3) is 0.727. The lowest BCUT2D eigenvalue weighted by Crippen LogP contribution is -2.40. The van der Waals surface area contributed by atoms with Gasteiger partial charge in [-0.15, -0.1) is 11.8 Å². The molecule has 1 unspecified atom stereocenters. The van der Waals surface area contributed by atoms with Crippen LogP contribution in [0, 0.1) is 5.92 Å². The third-order valence-electron chi connectivity index (χ3n) is 2.79. The number of hydrogen-bond acceptors (Lipinski definition) is 4. The maximum absolute atomic E-state index is 11.6. The normalized spacial score (nSPS) is 16.7. The molecule has 102 valence electrons. The van der Waals surface area contributed by atoms with E-state index in [2.05, 4.69) is 5.32 Å². The number of carboxylic acid groups (broad SMARTS) is 1. The minimum absolute atomic E-state index is 0.0206. The molecule has 1 atom stereocenters. The molecule has 18 heavy (non-hydrogen) atoms. The first-order chi connectivity index (χ1) is 8.52. The van der Waals surface area contributed by atoms with Gasteiger partial charge in [-0.25, -0.2) is 0 Å². The van der Waals surface area contributed by atoms with Crippen LogP contribution in [0.25, 0.3) is 0 Å². The van der Waals surface area contributed by atoms with Crippen molar-refractivity contribution >= 4 is 29.5 Å². The number of thioether (sulfide) groups is 1. The number of nitrogens with one attached hydrogen (secondary N) is 1. The zero-order valence-electron chi connectivity index (χ0n) is 10.3. The molecule has 0 spiro atoms. The molecular formula is C11H18N2O4S. The molecule has 0 radical (unpaired) electrons. The van der Waals surface area contributed by atoms with E-state index in [9.17, 15) is 14.4 Å². The van der Waals surface area contributed by atoms with Gasteiger partial charge >= 0.3 is 5.97 Å². The molecule has 0 saturated carbocycles. The Morgan fingerprint density at radius 2 is 2.28 bits per heavy atom. The van der Waals surface area contributed by atoms with Crippen LogP contribution in [0.15, 0.2) is 0 Å². The average molecular weight is 274 g/mol. The van der Waals surface area contributed by atoms with Gasteiger partial charge in [0.15, 0.2) is 0 Å². The van der Waals surface area contributed by atoms with E-state index in [0.29, 0.717) is 24.6 Å². The first kappa shape index (κ1) is 14.8. The molecule has 1 fully saturated rings. The SMILES string of the molecule is CCC(CNC(=O)CN1CSCC1=O)CC(=O)O. The second-order valence-electron chi connectivity index (χ2n) is 4.25. The molecule has 1 aliphatic heterocycles. The highest BCUT2D eigenvalue weighted by Gasteiger charge is 2.23. The standard InChI is InChI=1S/C11H18N2O4S/c1-2-8(3-11(16)17)4-12-9(14)5-13-7-18-6-10(13)15/h8H,2-7H2,1H3,(H,12,14)(H,16,17). The summed E-state index contributed by atoms with van der Waals surface area (Å²) in [6.07, 6.45) is 0.750. The van der Waals surface area contributed by atoms with E-state index in [0.717, 1.165) is 0 Å². The minimum Gasteiger partial charge on any atom is -0.481 e. The summed E-state index contributed by atoms with van der Waals surface area (Å²) >= 11 is 1.49. The van der Waals surface area contributed by atoms with Gasteiger partial charge in [0.25, 0.3) is 0 Å². The number of rotatable bonds is 7. The topological polar surface area (TPSA) is 86.7 Å². The zero-order valence-corrected chi connectivity index (χ0v) is 11.2. The van der Waals surface area contributed by atoms with Crippen molar-refractivity contribution in [2.45, 2.75) is 19.8 Å². The van der Waals surface area contributed by atoms with Gasteiger partial charge in [0.1, 0.15) is 6.54 Å². The predicted molar refractivity (Wildman–Crippen MR) is 68.1 cm³/mol. The van der Waals surface area contributed by atoms with Crippen molar-refractivity contribution in [2.75, 3.05) is 24.7 Å². The van der Waals surface area contributed by atoms with Gasteiger partial charge in [-0.3, -0.25) is 14.4 Å².